The molecular formula is C22H20N4. The molecule has 0 fully saturated rings. The average molecular weight is 340 g/mol. The third kappa shape index (κ3) is 2.75. The summed E-state index contributed by atoms with van der Waals surface area (Å²) in [6.07, 6.45) is 0. The number of nitrogens with two attached hydrogens (primary N) is 1. The molecule has 0 radical (unpaired) electrons. The first-order valence-corrected chi connectivity index (χ1v) is 8.53. The van der Waals surface area contributed by atoms with Crippen LogP contribution in [0.5, 0.6) is 0 Å². The summed E-state index contributed by atoms with van der Waals surface area (Å²) >= 11 is 0. The summed E-state index contributed by atoms with van der Waals surface area (Å²) < 4.78 is 0. The summed E-state index contributed by atoms with van der Waals surface area (Å²) in [6.45, 7) is 0. The maximum Gasteiger partial charge on any atom is 0.0936 e. The van der Waals surface area contributed by atoms with Crippen LogP contribution < -0.4 is 10.6 Å². The molecule has 0 aliphatic carbocycles. The van der Waals surface area contributed by atoms with Crippen molar-refractivity contribution in [2.75, 3.05) is 24.7 Å². The lowest BCUT2D eigenvalue weighted by atomic mass is 10.1. The van der Waals surface area contributed by atoms with E-state index in [0.717, 1.165) is 44.3 Å². The van der Waals surface area contributed by atoms with E-state index in [1.807, 2.05) is 68.7 Å². The first kappa shape index (κ1) is 16.1. The normalized spacial score (nSPS) is 11.5. The number of nitrogens with zero attached hydrogens (tertiary/aromatic N) is 3. The Morgan fingerprint density at radius 2 is 1.12 bits per heavy atom. The molecule has 4 aromatic carbocycles. The van der Waals surface area contributed by atoms with Crippen LogP contribution in [0, 0.1) is 0 Å². The van der Waals surface area contributed by atoms with Gasteiger partial charge in [-0.3, -0.25) is 0 Å². The number of benzene rings is 4. The smallest absolute Gasteiger partial charge is 0.0936 e. The number of rotatable bonds is 3. The monoisotopic (exact) mass is 340 g/mol. The highest BCUT2D eigenvalue weighted by atomic mass is 15.1. The molecule has 4 rings (SSSR count). The molecule has 4 aromatic rings. The van der Waals surface area contributed by atoms with Gasteiger partial charge in [-0.15, -0.1) is 10.2 Å². The SMILES string of the molecule is CN(C)c1ccc(N=Nc2ccc(N)c3ccccc23)c2ccccc12. The predicted molar refractivity (Wildman–Crippen MR) is 111 cm³/mol. The molecule has 0 saturated carbocycles. The van der Waals surface area contributed by atoms with Crippen LogP contribution in [0.25, 0.3) is 21.5 Å². The van der Waals surface area contributed by atoms with E-state index in [1.165, 1.54) is 0 Å². The Labute approximate surface area is 152 Å². The Kier molecular flexibility index (Phi) is 4.01. The summed E-state index contributed by atoms with van der Waals surface area (Å²) in [7, 11) is 4.09. The Morgan fingerprint density at radius 1 is 0.615 bits per heavy atom. The van der Waals surface area contributed by atoms with E-state index in [4.69, 9.17) is 5.73 Å². The van der Waals surface area contributed by atoms with Gasteiger partial charge in [0.2, 0.25) is 0 Å². The van der Waals surface area contributed by atoms with E-state index in [0.29, 0.717) is 0 Å². The fourth-order valence-electron chi connectivity index (χ4n) is 3.25. The van der Waals surface area contributed by atoms with Crippen LogP contribution in [0.3, 0.4) is 0 Å². The van der Waals surface area contributed by atoms with Crippen molar-refractivity contribution in [3.05, 3.63) is 72.8 Å². The maximum atomic E-state index is 6.07. The van der Waals surface area contributed by atoms with Gasteiger partial charge in [-0.05, 0) is 24.3 Å². The van der Waals surface area contributed by atoms with Gasteiger partial charge in [0.15, 0.2) is 0 Å². The molecule has 0 aliphatic heterocycles. The third-order valence-electron chi connectivity index (χ3n) is 4.56. The van der Waals surface area contributed by atoms with Crippen LogP contribution in [0.2, 0.25) is 0 Å². The second-order valence-corrected chi connectivity index (χ2v) is 6.46. The molecule has 0 aromatic heterocycles. The Morgan fingerprint density at radius 3 is 1.73 bits per heavy atom. The Hall–Kier alpha value is -3.40. The molecule has 4 nitrogen and oxygen atoms in total. The maximum absolute atomic E-state index is 6.07. The first-order valence-electron chi connectivity index (χ1n) is 8.53. The van der Waals surface area contributed by atoms with Crippen molar-refractivity contribution in [2.45, 2.75) is 0 Å². The van der Waals surface area contributed by atoms with Crippen LogP contribution in [0.1, 0.15) is 0 Å². The van der Waals surface area contributed by atoms with Crippen molar-refractivity contribution in [3.63, 3.8) is 0 Å². The molecule has 0 atom stereocenters. The minimum Gasteiger partial charge on any atom is -0.398 e. The summed E-state index contributed by atoms with van der Waals surface area (Å²) in [5, 5.41) is 13.3. The zero-order valence-corrected chi connectivity index (χ0v) is 14.8. The van der Waals surface area contributed by atoms with Crippen LogP contribution in [-0.4, -0.2) is 14.1 Å². The lowest BCUT2D eigenvalue weighted by Crippen LogP contribution is -2.08. The molecular weight excluding hydrogens is 320 g/mol. The van der Waals surface area contributed by atoms with Gasteiger partial charge in [-0.25, -0.2) is 0 Å². The molecule has 0 bridgehead atoms. The van der Waals surface area contributed by atoms with Gasteiger partial charge in [0.25, 0.3) is 0 Å². The van der Waals surface area contributed by atoms with Gasteiger partial charge in [0.05, 0.1) is 11.4 Å². The van der Waals surface area contributed by atoms with Crippen molar-refractivity contribution in [3.8, 4) is 0 Å². The van der Waals surface area contributed by atoms with E-state index in [9.17, 15) is 0 Å². The molecule has 0 heterocycles. The van der Waals surface area contributed by atoms with Crippen LogP contribution in [-0.2, 0) is 0 Å². The second kappa shape index (κ2) is 6.48. The minimum atomic E-state index is 0.750. The van der Waals surface area contributed by atoms with Crippen molar-refractivity contribution >= 4 is 44.3 Å². The number of azo groups is 1. The predicted octanol–water partition coefficient (Wildman–Crippen LogP) is 6.06. The van der Waals surface area contributed by atoms with Gasteiger partial charge >= 0.3 is 0 Å². The van der Waals surface area contributed by atoms with Gasteiger partial charge in [-0.2, -0.15) is 0 Å². The van der Waals surface area contributed by atoms with Crippen LogP contribution >= 0.6 is 0 Å². The lowest BCUT2D eigenvalue weighted by molar-refractivity contribution is 1.14. The van der Waals surface area contributed by atoms with E-state index in [2.05, 4.69) is 33.3 Å². The van der Waals surface area contributed by atoms with Gasteiger partial charge < -0.3 is 10.6 Å². The van der Waals surface area contributed by atoms with Crippen LogP contribution in [0.4, 0.5) is 22.7 Å². The van der Waals surface area contributed by atoms with E-state index < -0.39 is 0 Å². The molecule has 0 spiro atoms. The quantitative estimate of drug-likeness (QED) is 0.364. The zero-order chi connectivity index (χ0) is 18.1. The molecule has 128 valence electrons. The highest BCUT2D eigenvalue weighted by Crippen LogP contribution is 2.35. The van der Waals surface area contributed by atoms with Crippen molar-refractivity contribution in [1.82, 2.24) is 0 Å². The molecule has 26 heavy (non-hydrogen) atoms. The summed E-state index contributed by atoms with van der Waals surface area (Å²) in [5.41, 5.74) is 9.66. The number of hydrogen-bond donors (Lipinski definition) is 1. The zero-order valence-electron chi connectivity index (χ0n) is 14.8. The molecule has 4 heteroatoms. The fourth-order valence-corrected chi connectivity index (χ4v) is 3.25. The van der Waals surface area contributed by atoms with E-state index in [1.54, 1.807) is 0 Å². The summed E-state index contributed by atoms with van der Waals surface area (Å²) in [4.78, 5) is 2.11. The molecule has 0 amide bonds. The number of fused-ring (bicyclic) bond motifs is 2. The van der Waals surface area contributed by atoms with E-state index >= 15 is 0 Å². The molecule has 0 unspecified atom stereocenters. The Balaban J connectivity index is 1.84. The van der Waals surface area contributed by atoms with Gasteiger partial charge in [0, 0.05) is 47.0 Å². The largest absolute Gasteiger partial charge is 0.398 e. The summed E-state index contributed by atoms with van der Waals surface area (Å²) in [5.74, 6) is 0. The second-order valence-electron chi connectivity index (χ2n) is 6.46. The molecule has 0 saturated heterocycles. The highest BCUT2D eigenvalue weighted by Gasteiger charge is 2.07. The number of anilines is 2. The highest BCUT2D eigenvalue weighted by molar-refractivity contribution is 6.02. The topological polar surface area (TPSA) is 54.0 Å². The molecule has 0 aliphatic rings. The molecule has 2 N–H and O–H groups in total. The van der Waals surface area contributed by atoms with Gasteiger partial charge in [-0.1, -0.05) is 48.5 Å². The van der Waals surface area contributed by atoms with Crippen molar-refractivity contribution in [1.29, 1.82) is 0 Å². The van der Waals surface area contributed by atoms with Crippen LogP contribution in [0.15, 0.2) is 83.0 Å². The lowest BCUT2D eigenvalue weighted by Gasteiger charge is -2.16. The number of hydrogen-bond acceptors (Lipinski definition) is 4. The summed E-state index contributed by atoms with van der Waals surface area (Å²) in [6, 6.07) is 24.1. The van der Waals surface area contributed by atoms with E-state index in [-0.39, 0.29) is 0 Å². The number of nitrogen functional groups attached to an aromatic ring is 1. The van der Waals surface area contributed by atoms with Crippen molar-refractivity contribution < 1.29 is 0 Å². The van der Waals surface area contributed by atoms with Gasteiger partial charge in [0.1, 0.15) is 0 Å². The Bertz CT molecular complexity index is 1130. The average Bonchev–Trinajstić information content (AvgIpc) is 2.67. The van der Waals surface area contributed by atoms with Crippen molar-refractivity contribution in [2.24, 2.45) is 10.2 Å². The fraction of sp³-hybridized carbons (Fsp3) is 0.0909. The third-order valence-corrected chi connectivity index (χ3v) is 4.56. The standard InChI is InChI=1S/C22H20N4/c1-26(2)22-14-13-21(17-9-5-6-10-18(17)22)25-24-20-12-11-19(23)15-7-3-4-8-16(15)20/h3-14H,23H2,1-2H3. The first-order chi connectivity index (χ1) is 12.6. The minimum absolute atomic E-state index is 0.750.